The first-order valence-electron chi connectivity index (χ1n) is 4.84. The van der Waals surface area contributed by atoms with Gasteiger partial charge in [-0.05, 0) is 24.1 Å². The van der Waals surface area contributed by atoms with Crippen molar-refractivity contribution in [2.75, 3.05) is 6.54 Å². The van der Waals surface area contributed by atoms with E-state index < -0.39 is 6.09 Å². The molecule has 0 fully saturated rings. The van der Waals surface area contributed by atoms with Crippen LogP contribution in [0.1, 0.15) is 11.1 Å². The lowest BCUT2D eigenvalue weighted by molar-refractivity contribution is 0.190. The highest BCUT2D eigenvalue weighted by Gasteiger charge is 2.09. The Bertz CT molecular complexity index is 395. The Balaban J connectivity index is 2.63. The fraction of sp³-hybridized carbons (Fsp3) is 0.273. The molecule has 4 N–H and O–H groups in total. The van der Waals surface area contributed by atoms with Gasteiger partial charge in [0.25, 0.3) is 0 Å². The molecule has 1 amide bonds. The molecule has 0 spiro atoms. The molecule has 1 rings (SSSR count). The van der Waals surface area contributed by atoms with E-state index in [9.17, 15) is 4.79 Å². The fourth-order valence-corrected chi connectivity index (χ4v) is 1.37. The molecular weight excluding hydrogens is 206 g/mol. The first kappa shape index (κ1) is 12.0. The third kappa shape index (κ3) is 3.59. The smallest absolute Gasteiger partial charge is 0.404 e. The van der Waals surface area contributed by atoms with Crippen LogP contribution in [-0.4, -0.2) is 23.8 Å². The summed E-state index contributed by atoms with van der Waals surface area (Å²) in [6.45, 7) is 0.242. The zero-order valence-electron chi connectivity index (χ0n) is 8.68. The summed E-state index contributed by atoms with van der Waals surface area (Å²) in [6, 6.07) is 8.71. The monoisotopic (exact) mass is 219 g/mol. The lowest BCUT2D eigenvalue weighted by atomic mass is 10.0. The summed E-state index contributed by atoms with van der Waals surface area (Å²) in [5.74, 6) is 0. The molecule has 0 heterocycles. The van der Waals surface area contributed by atoms with Crippen molar-refractivity contribution < 1.29 is 9.90 Å². The van der Waals surface area contributed by atoms with E-state index in [4.69, 9.17) is 16.1 Å². The van der Waals surface area contributed by atoms with Gasteiger partial charge in [-0.1, -0.05) is 12.1 Å². The second-order valence-electron chi connectivity index (χ2n) is 3.39. The standard InChI is InChI=1S/C11H13N3O2/c12-6-9-3-1-8(2-4-9)5-10(7-13)14-11(15)16/h1-4,10,14H,5,7,13H2,(H,15,16). The van der Waals surface area contributed by atoms with Crippen molar-refractivity contribution in [3.63, 3.8) is 0 Å². The third-order valence-corrected chi connectivity index (χ3v) is 2.18. The molecule has 0 saturated carbocycles. The second kappa shape index (κ2) is 5.73. The predicted octanol–water partition coefficient (Wildman–Crippen LogP) is 0.696. The number of amides is 1. The summed E-state index contributed by atoms with van der Waals surface area (Å²) in [7, 11) is 0. The first-order valence-corrected chi connectivity index (χ1v) is 4.84. The van der Waals surface area contributed by atoms with Crippen molar-refractivity contribution in [2.45, 2.75) is 12.5 Å². The van der Waals surface area contributed by atoms with Crippen LogP contribution in [0.4, 0.5) is 4.79 Å². The average Bonchev–Trinajstić information content (AvgIpc) is 2.28. The van der Waals surface area contributed by atoms with Crippen LogP contribution < -0.4 is 11.1 Å². The number of nitriles is 1. The van der Waals surface area contributed by atoms with E-state index in [0.29, 0.717) is 12.0 Å². The van der Waals surface area contributed by atoms with E-state index in [1.807, 2.05) is 6.07 Å². The van der Waals surface area contributed by atoms with Gasteiger partial charge in [0.1, 0.15) is 0 Å². The minimum absolute atomic E-state index is 0.242. The lowest BCUT2D eigenvalue weighted by Gasteiger charge is -2.14. The number of hydrogen-bond donors (Lipinski definition) is 3. The van der Waals surface area contributed by atoms with Crippen LogP contribution in [-0.2, 0) is 6.42 Å². The van der Waals surface area contributed by atoms with Gasteiger partial charge in [0.05, 0.1) is 11.6 Å². The number of nitrogens with zero attached hydrogens (tertiary/aromatic N) is 1. The minimum atomic E-state index is -1.08. The highest BCUT2D eigenvalue weighted by Crippen LogP contribution is 2.05. The number of nitrogens with two attached hydrogens (primary N) is 1. The molecule has 0 saturated heterocycles. The largest absolute Gasteiger partial charge is 0.465 e. The third-order valence-electron chi connectivity index (χ3n) is 2.18. The summed E-state index contributed by atoms with van der Waals surface area (Å²) in [6.07, 6.45) is -0.557. The minimum Gasteiger partial charge on any atom is -0.465 e. The highest BCUT2D eigenvalue weighted by molar-refractivity contribution is 5.64. The Hall–Kier alpha value is -2.06. The van der Waals surface area contributed by atoms with E-state index in [0.717, 1.165) is 5.56 Å². The molecule has 5 heteroatoms. The summed E-state index contributed by atoms with van der Waals surface area (Å²) in [5.41, 5.74) is 6.98. The first-order chi connectivity index (χ1) is 7.65. The van der Waals surface area contributed by atoms with Crippen molar-refractivity contribution in [3.8, 4) is 6.07 Å². The van der Waals surface area contributed by atoms with Crippen molar-refractivity contribution in [2.24, 2.45) is 5.73 Å². The van der Waals surface area contributed by atoms with Crippen molar-refractivity contribution in [1.82, 2.24) is 5.32 Å². The van der Waals surface area contributed by atoms with E-state index in [2.05, 4.69) is 5.32 Å². The predicted molar refractivity (Wildman–Crippen MR) is 58.9 cm³/mol. The number of rotatable bonds is 4. The van der Waals surface area contributed by atoms with Crippen LogP contribution in [0, 0.1) is 11.3 Å². The van der Waals surface area contributed by atoms with Gasteiger partial charge in [0, 0.05) is 12.6 Å². The van der Waals surface area contributed by atoms with Gasteiger partial charge >= 0.3 is 6.09 Å². The molecular formula is C11H13N3O2. The van der Waals surface area contributed by atoms with Crippen LogP contribution in [0.3, 0.4) is 0 Å². The Morgan fingerprint density at radius 1 is 1.50 bits per heavy atom. The molecule has 0 aromatic heterocycles. The molecule has 84 valence electrons. The zero-order valence-corrected chi connectivity index (χ0v) is 8.68. The van der Waals surface area contributed by atoms with Gasteiger partial charge in [-0.3, -0.25) is 0 Å². The topological polar surface area (TPSA) is 99.1 Å². The van der Waals surface area contributed by atoms with Crippen molar-refractivity contribution >= 4 is 6.09 Å². The van der Waals surface area contributed by atoms with Crippen LogP contribution in [0.15, 0.2) is 24.3 Å². The Morgan fingerprint density at radius 2 is 2.12 bits per heavy atom. The molecule has 1 aromatic carbocycles. The van der Waals surface area contributed by atoms with Crippen LogP contribution in [0.5, 0.6) is 0 Å². The fourth-order valence-electron chi connectivity index (χ4n) is 1.37. The molecule has 16 heavy (non-hydrogen) atoms. The molecule has 0 bridgehead atoms. The second-order valence-corrected chi connectivity index (χ2v) is 3.39. The summed E-state index contributed by atoms with van der Waals surface area (Å²) >= 11 is 0. The van der Waals surface area contributed by atoms with Gasteiger partial charge < -0.3 is 16.2 Å². The summed E-state index contributed by atoms with van der Waals surface area (Å²) in [4.78, 5) is 10.4. The maximum atomic E-state index is 10.4. The molecule has 1 aromatic rings. The van der Waals surface area contributed by atoms with E-state index in [1.54, 1.807) is 24.3 Å². The number of carboxylic acid groups (broad SMARTS) is 1. The van der Waals surface area contributed by atoms with E-state index >= 15 is 0 Å². The highest BCUT2D eigenvalue weighted by atomic mass is 16.4. The number of nitrogens with one attached hydrogen (secondary N) is 1. The molecule has 1 atom stereocenters. The Labute approximate surface area is 93.5 Å². The number of hydrogen-bond acceptors (Lipinski definition) is 3. The molecule has 0 aliphatic rings. The van der Waals surface area contributed by atoms with Crippen LogP contribution in [0.2, 0.25) is 0 Å². The quantitative estimate of drug-likeness (QED) is 0.693. The molecule has 5 nitrogen and oxygen atoms in total. The maximum absolute atomic E-state index is 10.4. The molecule has 0 radical (unpaired) electrons. The Kier molecular flexibility index (Phi) is 4.30. The summed E-state index contributed by atoms with van der Waals surface area (Å²) in [5, 5.41) is 19.5. The molecule has 0 aliphatic carbocycles. The number of carbonyl (C=O) groups is 1. The van der Waals surface area contributed by atoms with E-state index in [-0.39, 0.29) is 12.6 Å². The average molecular weight is 219 g/mol. The van der Waals surface area contributed by atoms with Crippen LogP contribution >= 0.6 is 0 Å². The van der Waals surface area contributed by atoms with Gasteiger partial charge in [-0.2, -0.15) is 5.26 Å². The normalized spacial score (nSPS) is 11.5. The Morgan fingerprint density at radius 3 is 2.56 bits per heavy atom. The van der Waals surface area contributed by atoms with Crippen molar-refractivity contribution in [3.05, 3.63) is 35.4 Å². The maximum Gasteiger partial charge on any atom is 0.404 e. The number of benzene rings is 1. The summed E-state index contributed by atoms with van der Waals surface area (Å²) < 4.78 is 0. The SMILES string of the molecule is N#Cc1ccc(CC(CN)NC(=O)O)cc1. The molecule has 0 aliphatic heterocycles. The van der Waals surface area contributed by atoms with E-state index in [1.165, 1.54) is 0 Å². The zero-order chi connectivity index (χ0) is 12.0. The van der Waals surface area contributed by atoms with Gasteiger partial charge in [0.15, 0.2) is 0 Å². The van der Waals surface area contributed by atoms with Crippen molar-refractivity contribution in [1.29, 1.82) is 5.26 Å². The molecule has 1 unspecified atom stereocenters. The van der Waals surface area contributed by atoms with Crippen LogP contribution in [0.25, 0.3) is 0 Å². The van der Waals surface area contributed by atoms with Gasteiger partial charge in [0.2, 0.25) is 0 Å². The van der Waals surface area contributed by atoms with Gasteiger partial charge in [-0.15, -0.1) is 0 Å². The van der Waals surface area contributed by atoms with Gasteiger partial charge in [-0.25, -0.2) is 4.79 Å². The lowest BCUT2D eigenvalue weighted by Crippen LogP contribution is -2.40.